The molecule has 0 heterocycles. The fourth-order valence-electron chi connectivity index (χ4n) is 1.02. The van der Waals surface area contributed by atoms with Crippen molar-refractivity contribution in [2.75, 3.05) is 6.61 Å². The zero-order valence-corrected chi connectivity index (χ0v) is 8.43. The van der Waals surface area contributed by atoms with E-state index in [9.17, 15) is 4.79 Å². The number of ether oxygens (including phenoxy) is 1. The van der Waals surface area contributed by atoms with Gasteiger partial charge in [0.15, 0.2) is 0 Å². The van der Waals surface area contributed by atoms with Crippen molar-refractivity contribution in [3.05, 3.63) is 29.8 Å². The topological polar surface area (TPSA) is 76.7 Å². The molecule has 0 radical (unpaired) electrons. The summed E-state index contributed by atoms with van der Waals surface area (Å²) in [6.45, 7) is 2.52. The molecule has 3 N–H and O–H groups in total. The second kappa shape index (κ2) is 5.64. The molecular formula is C10H13N3O2. The molecule has 1 rings (SSSR count). The Labute approximate surface area is 87.9 Å². The Bertz CT molecular complexity index is 363. The fraction of sp³-hybridized carbons (Fsp3) is 0.200. The third-order valence-electron chi connectivity index (χ3n) is 1.56. The van der Waals surface area contributed by atoms with E-state index in [0.29, 0.717) is 6.61 Å². The Morgan fingerprint density at radius 3 is 3.13 bits per heavy atom. The number of carbonyl (C=O) groups excluding carboxylic acids is 1. The average Bonchev–Trinajstić information content (AvgIpc) is 2.18. The number of primary amides is 1. The van der Waals surface area contributed by atoms with E-state index in [2.05, 4.69) is 10.5 Å². The van der Waals surface area contributed by atoms with Gasteiger partial charge in [-0.15, -0.1) is 0 Å². The highest BCUT2D eigenvalue weighted by Crippen LogP contribution is 2.11. The van der Waals surface area contributed by atoms with E-state index in [4.69, 9.17) is 10.5 Å². The number of hydrogen-bond acceptors (Lipinski definition) is 3. The summed E-state index contributed by atoms with van der Waals surface area (Å²) in [7, 11) is 0. The number of nitrogens with two attached hydrogens (primary N) is 1. The molecule has 0 bridgehead atoms. The fourth-order valence-corrected chi connectivity index (χ4v) is 1.02. The van der Waals surface area contributed by atoms with E-state index in [0.717, 1.165) is 11.3 Å². The Morgan fingerprint density at radius 1 is 1.67 bits per heavy atom. The molecule has 0 aromatic heterocycles. The van der Waals surface area contributed by atoms with Crippen LogP contribution in [0.3, 0.4) is 0 Å². The number of benzene rings is 1. The van der Waals surface area contributed by atoms with Gasteiger partial charge in [-0.05, 0) is 24.6 Å². The summed E-state index contributed by atoms with van der Waals surface area (Å²) in [4.78, 5) is 10.3. The lowest BCUT2D eigenvalue weighted by Crippen LogP contribution is -2.24. The summed E-state index contributed by atoms with van der Waals surface area (Å²) in [5.74, 6) is 0.764. The standard InChI is InChI=1S/C10H13N3O2/c1-2-15-9-5-3-4-8(6-9)7-12-13-10(11)14/h3-7H,2H2,1H3,(H3,11,13,14)/b12-7-. The normalized spacial score (nSPS) is 10.2. The Kier molecular flexibility index (Phi) is 4.15. The lowest BCUT2D eigenvalue weighted by molar-refractivity contribution is 0.249. The minimum atomic E-state index is -0.688. The third kappa shape index (κ3) is 4.12. The molecule has 0 aliphatic rings. The van der Waals surface area contributed by atoms with Gasteiger partial charge in [-0.3, -0.25) is 0 Å². The number of nitrogens with zero attached hydrogens (tertiary/aromatic N) is 1. The van der Waals surface area contributed by atoms with Gasteiger partial charge in [-0.1, -0.05) is 12.1 Å². The molecule has 0 unspecified atom stereocenters. The largest absolute Gasteiger partial charge is 0.494 e. The zero-order valence-electron chi connectivity index (χ0n) is 8.43. The van der Waals surface area contributed by atoms with Gasteiger partial charge in [0.25, 0.3) is 0 Å². The van der Waals surface area contributed by atoms with Crippen molar-refractivity contribution in [2.45, 2.75) is 6.92 Å². The van der Waals surface area contributed by atoms with Crippen molar-refractivity contribution in [3.8, 4) is 5.75 Å². The van der Waals surface area contributed by atoms with Gasteiger partial charge < -0.3 is 10.5 Å². The van der Waals surface area contributed by atoms with E-state index in [-0.39, 0.29) is 0 Å². The molecule has 80 valence electrons. The Morgan fingerprint density at radius 2 is 2.47 bits per heavy atom. The lowest BCUT2D eigenvalue weighted by Gasteiger charge is -2.02. The predicted molar refractivity (Wildman–Crippen MR) is 57.9 cm³/mol. The van der Waals surface area contributed by atoms with E-state index < -0.39 is 6.03 Å². The van der Waals surface area contributed by atoms with Crippen LogP contribution >= 0.6 is 0 Å². The van der Waals surface area contributed by atoms with Crippen LogP contribution in [-0.2, 0) is 0 Å². The molecule has 15 heavy (non-hydrogen) atoms. The third-order valence-corrected chi connectivity index (χ3v) is 1.56. The van der Waals surface area contributed by atoms with Crippen molar-refractivity contribution < 1.29 is 9.53 Å². The summed E-state index contributed by atoms with van der Waals surface area (Å²) in [6.07, 6.45) is 1.49. The van der Waals surface area contributed by atoms with Gasteiger partial charge in [0, 0.05) is 0 Å². The van der Waals surface area contributed by atoms with Crippen molar-refractivity contribution in [2.24, 2.45) is 10.8 Å². The summed E-state index contributed by atoms with van der Waals surface area (Å²) in [6, 6.07) is 6.66. The van der Waals surface area contributed by atoms with Crippen LogP contribution in [0.15, 0.2) is 29.4 Å². The van der Waals surface area contributed by atoms with Crippen LogP contribution in [-0.4, -0.2) is 18.9 Å². The number of hydrogen-bond donors (Lipinski definition) is 2. The SMILES string of the molecule is CCOc1cccc(/C=N\NC(N)=O)c1. The van der Waals surface area contributed by atoms with Gasteiger partial charge in [0.1, 0.15) is 5.75 Å². The van der Waals surface area contributed by atoms with Gasteiger partial charge in [-0.2, -0.15) is 5.10 Å². The minimum Gasteiger partial charge on any atom is -0.494 e. The molecule has 0 fully saturated rings. The van der Waals surface area contributed by atoms with Crippen LogP contribution in [0.4, 0.5) is 4.79 Å². The van der Waals surface area contributed by atoms with Crippen LogP contribution in [0.5, 0.6) is 5.75 Å². The number of hydrazone groups is 1. The molecular weight excluding hydrogens is 194 g/mol. The first-order chi connectivity index (χ1) is 7.22. The van der Waals surface area contributed by atoms with E-state index in [1.807, 2.05) is 31.2 Å². The monoisotopic (exact) mass is 207 g/mol. The first-order valence-corrected chi connectivity index (χ1v) is 4.53. The van der Waals surface area contributed by atoms with Gasteiger partial charge in [0.05, 0.1) is 12.8 Å². The number of nitrogens with one attached hydrogen (secondary N) is 1. The smallest absolute Gasteiger partial charge is 0.332 e. The molecule has 0 aliphatic carbocycles. The highest BCUT2D eigenvalue weighted by molar-refractivity contribution is 5.81. The highest BCUT2D eigenvalue weighted by atomic mass is 16.5. The first kappa shape index (κ1) is 11.0. The van der Waals surface area contributed by atoms with Crippen molar-refractivity contribution >= 4 is 12.2 Å². The van der Waals surface area contributed by atoms with Crippen molar-refractivity contribution in [1.82, 2.24) is 5.43 Å². The first-order valence-electron chi connectivity index (χ1n) is 4.53. The van der Waals surface area contributed by atoms with Gasteiger partial charge in [-0.25, -0.2) is 10.2 Å². The molecule has 0 saturated heterocycles. The van der Waals surface area contributed by atoms with Crippen LogP contribution < -0.4 is 15.9 Å². The molecule has 0 saturated carbocycles. The van der Waals surface area contributed by atoms with Crippen LogP contribution in [0.2, 0.25) is 0 Å². The number of amides is 2. The Balaban J connectivity index is 2.64. The second-order valence-electron chi connectivity index (χ2n) is 2.74. The quantitative estimate of drug-likeness (QED) is 0.572. The lowest BCUT2D eigenvalue weighted by atomic mass is 10.2. The van der Waals surface area contributed by atoms with E-state index >= 15 is 0 Å². The maximum atomic E-state index is 10.3. The Hall–Kier alpha value is -2.04. The average molecular weight is 207 g/mol. The number of rotatable bonds is 4. The molecule has 0 aliphatic heterocycles. The van der Waals surface area contributed by atoms with Crippen molar-refractivity contribution in [1.29, 1.82) is 0 Å². The summed E-state index contributed by atoms with van der Waals surface area (Å²) in [5.41, 5.74) is 7.79. The van der Waals surface area contributed by atoms with Crippen molar-refractivity contribution in [3.63, 3.8) is 0 Å². The molecule has 5 nitrogen and oxygen atoms in total. The van der Waals surface area contributed by atoms with Crippen LogP contribution in [0, 0.1) is 0 Å². The zero-order chi connectivity index (χ0) is 11.1. The number of carbonyl (C=O) groups is 1. The van der Waals surface area contributed by atoms with Gasteiger partial charge in [0.2, 0.25) is 0 Å². The van der Waals surface area contributed by atoms with E-state index in [1.165, 1.54) is 6.21 Å². The number of urea groups is 1. The van der Waals surface area contributed by atoms with Crippen LogP contribution in [0.25, 0.3) is 0 Å². The van der Waals surface area contributed by atoms with Gasteiger partial charge >= 0.3 is 6.03 Å². The molecule has 0 spiro atoms. The highest BCUT2D eigenvalue weighted by Gasteiger charge is 1.93. The maximum absolute atomic E-state index is 10.3. The minimum absolute atomic E-state index is 0.611. The molecule has 0 atom stereocenters. The second-order valence-corrected chi connectivity index (χ2v) is 2.74. The summed E-state index contributed by atoms with van der Waals surface area (Å²) < 4.78 is 5.30. The molecule has 2 amide bonds. The van der Waals surface area contributed by atoms with Crippen LogP contribution in [0.1, 0.15) is 12.5 Å². The summed E-state index contributed by atoms with van der Waals surface area (Å²) in [5, 5.41) is 3.64. The molecule has 1 aromatic rings. The molecule has 5 heteroatoms. The molecule has 1 aromatic carbocycles. The maximum Gasteiger partial charge on any atom is 0.332 e. The predicted octanol–water partition coefficient (Wildman–Crippen LogP) is 1.09. The summed E-state index contributed by atoms with van der Waals surface area (Å²) >= 11 is 0. The van der Waals surface area contributed by atoms with E-state index in [1.54, 1.807) is 0 Å².